The number of benzene rings is 1. The number of hydrogen-bond donors (Lipinski definition) is 0. The van der Waals surface area contributed by atoms with E-state index >= 15 is 0 Å². The fourth-order valence-electron chi connectivity index (χ4n) is 3.30. The topological polar surface area (TPSA) is 38.1 Å². The maximum atomic E-state index is 13.6. The van der Waals surface area contributed by atoms with E-state index in [-0.39, 0.29) is 5.56 Å². The van der Waals surface area contributed by atoms with Crippen molar-refractivity contribution < 1.29 is 18.0 Å². The molecule has 1 aliphatic carbocycles. The summed E-state index contributed by atoms with van der Waals surface area (Å²) in [6, 6.07) is 8.81. The van der Waals surface area contributed by atoms with Crippen LogP contribution in [0.5, 0.6) is 0 Å². The number of aromatic nitrogens is 2. The van der Waals surface area contributed by atoms with Crippen LogP contribution in [-0.2, 0) is 29.4 Å². The monoisotopic (exact) mass is 351 g/mol. The minimum absolute atomic E-state index is 0.229. The van der Waals surface area contributed by atoms with Gasteiger partial charge in [0, 0.05) is 23.7 Å². The first-order chi connectivity index (χ1) is 11.6. The summed E-state index contributed by atoms with van der Waals surface area (Å²) in [5.74, 6) is -0.448. The van der Waals surface area contributed by atoms with Gasteiger partial charge in [0.15, 0.2) is 0 Å². The molecule has 0 saturated heterocycles. The fraction of sp³-hybridized carbons (Fsp3) is 0.444. The lowest BCUT2D eigenvalue weighted by atomic mass is 9.91. The number of halogens is 3. The second-order valence-corrected chi connectivity index (χ2v) is 7.00. The van der Waals surface area contributed by atoms with Crippen molar-refractivity contribution in [3.63, 3.8) is 0 Å². The molecule has 1 amide bonds. The van der Waals surface area contributed by atoms with E-state index in [0.29, 0.717) is 24.2 Å². The molecule has 0 spiro atoms. The highest BCUT2D eigenvalue weighted by Gasteiger charge is 2.45. The standard InChI is InChI=1S/C18H20F3N3O/c1-17(2)10-9-13-15(17)22-24(16(13)18(19,20)21)11-14(25)23(3)12-7-5-4-6-8-12/h4-8H,9-11H2,1-3H3. The Morgan fingerprint density at radius 1 is 1.28 bits per heavy atom. The first-order valence-corrected chi connectivity index (χ1v) is 8.10. The van der Waals surface area contributed by atoms with Crippen LogP contribution in [0, 0.1) is 0 Å². The number of fused-ring (bicyclic) bond motifs is 1. The number of hydrogen-bond acceptors (Lipinski definition) is 2. The van der Waals surface area contributed by atoms with Crippen molar-refractivity contribution in [3.05, 3.63) is 47.3 Å². The lowest BCUT2D eigenvalue weighted by Gasteiger charge is -2.19. The van der Waals surface area contributed by atoms with Crippen molar-refractivity contribution in [3.8, 4) is 0 Å². The molecule has 2 aromatic rings. The van der Waals surface area contributed by atoms with Crippen molar-refractivity contribution in [2.75, 3.05) is 11.9 Å². The summed E-state index contributed by atoms with van der Waals surface area (Å²) < 4.78 is 41.6. The van der Waals surface area contributed by atoms with E-state index in [2.05, 4.69) is 5.10 Å². The summed E-state index contributed by atoms with van der Waals surface area (Å²) in [7, 11) is 1.55. The van der Waals surface area contributed by atoms with E-state index in [1.165, 1.54) is 4.90 Å². The van der Waals surface area contributed by atoms with Crippen molar-refractivity contribution in [1.82, 2.24) is 9.78 Å². The molecule has 0 atom stereocenters. The molecule has 0 radical (unpaired) electrons. The van der Waals surface area contributed by atoms with Crippen molar-refractivity contribution in [1.29, 1.82) is 0 Å². The predicted molar refractivity (Wildman–Crippen MR) is 88.4 cm³/mol. The summed E-state index contributed by atoms with van der Waals surface area (Å²) in [5, 5.41) is 4.18. The number of likely N-dealkylation sites (N-methyl/N-ethyl adjacent to an activating group) is 1. The highest BCUT2D eigenvalue weighted by atomic mass is 19.4. The first kappa shape index (κ1) is 17.5. The Kier molecular flexibility index (Phi) is 4.13. The Balaban J connectivity index is 1.94. The van der Waals surface area contributed by atoms with Gasteiger partial charge in [-0.25, -0.2) is 0 Å². The molecule has 3 rings (SSSR count). The fourth-order valence-corrected chi connectivity index (χ4v) is 3.30. The SMILES string of the molecule is CN(C(=O)Cn1nc2c(c1C(F)(F)F)CCC2(C)C)c1ccccc1. The number of alkyl halides is 3. The van der Waals surface area contributed by atoms with Crippen LogP contribution in [0.3, 0.4) is 0 Å². The number of rotatable bonds is 3. The van der Waals surface area contributed by atoms with Gasteiger partial charge < -0.3 is 4.90 Å². The summed E-state index contributed by atoms with van der Waals surface area (Å²) in [6.45, 7) is 3.33. The van der Waals surface area contributed by atoms with Crippen LogP contribution in [0.2, 0.25) is 0 Å². The summed E-state index contributed by atoms with van der Waals surface area (Å²) in [6.07, 6.45) is -3.57. The van der Waals surface area contributed by atoms with Gasteiger partial charge in [-0.15, -0.1) is 0 Å². The number of nitrogens with zero attached hydrogens (tertiary/aromatic N) is 3. The quantitative estimate of drug-likeness (QED) is 0.844. The number of carbonyl (C=O) groups excluding carboxylic acids is 1. The Morgan fingerprint density at radius 3 is 2.52 bits per heavy atom. The van der Waals surface area contributed by atoms with Crippen molar-refractivity contribution >= 4 is 11.6 Å². The summed E-state index contributed by atoms with van der Waals surface area (Å²) >= 11 is 0. The Morgan fingerprint density at radius 2 is 1.92 bits per heavy atom. The van der Waals surface area contributed by atoms with Crippen LogP contribution in [0.15, 0.2) is 30.3 Å². The Labute approximate surface area is 144 Å². The number of para-hydroxylation sites is 1. The molecule has 4 nitrogen and oxygen atoms in total. The molecular weight excluding hydrogens is 331 g/mol. The zero-order valence-electron chi connectivity index (χ0n) is 14.4. The maximum absolute atomic E-state index is 13.6. The highest BCUT2D eigenvalue weighted by molar-refractivity contribution is 5.92. The van der Waals surface area contributed by atoms with Gasteiger partial charge >= 0.3 is 6.18 Å². The lowest BCUT2D eigenvalue weighted by Crippen LogP contribution is -2.32. The largest absolute Gasteiger partial charge is 0.433 e. The van der Waals surface area contributed by atoms with Gasteiger partial charge in [0.05, 0.1) is 5.69 Å². The predicted octanol–water partition coefficient (Wildman–Crippen LogP) is 3.79. The molecule has 0 unspecified atom stereocenters. The molecule has 0 aliphatic heterocycles. The zero-order valence-corrected chi connectivity index (χ0v) is 14.4. The Hall–Kier alpha value is -2.31. The average molecular weight is 351 g/mol. The molecule has 134 valence electrons. The van der Waals surface area contributed by atoms with Crippen LogP contribution in [-0.4, -0.2) is 22.7 Å². The van der Waals surface area contributed by atoms with Gasteiger partial charge in [0.2, 0.25) is 5.91 Å². The van der Waals surface area contributed by atoms with Gasteiger partial charge in [-0.05, 0) is 25.0 Å². The minimum Gasteiger partial charge on any atom is -0.314 e. The van der Waals surface area contributed by atoms with Gasteiger partial charge in [-0.1, -0.05) is 32.0 Å². The summed E-state index contributed by atoms with van der Waals surface area (Å²) in [5.41, 5.74) is 0.112. The molecule has 0 fully saturated rings. The molecule has 1 aromatic carbocycles. The average Bonchev–Trinajstić information content (AvgIpc) is 3.04. The highest BCUT2D eigenvalue weighted by Crippen LogP contribution is 2.44. The van der Waals surface area contributed by atoms with Crippen molar-refractivity contribution in [2.45, 2.75) is 44.8 Å². The number of amides is 1. The van der Waals surface area contributed by atoms with Crippen LogP contribution in [0.25, 0.3) is 0 Å². The molecular formula is C18H20F3N3O. The van der Waals surface area contributed by atoms with Gasteiger partial charge in [0.1, 0.15) is 12.2 Å². The number of carbonyl (C=O) groups is 1. The molecule has 0 bridgehead atoms. The smallest absolute Gasteiger partial charge is 0.314 e. The molecule has 1 aromatic heterocycles. The second-order valence-electron chi connectivity index (χ2n) is 7.00. The van der Waals surface area contributed by atoms with Crippen LogP contribution < -0.4 is 4.90 Å². The van der Waals surface area contributed by atoms with Crippen LogP contribution >= 0.6 is 0 Å². The minimum atomic E-state index is -4.54. The maximum Gasteiger partial charge on any atom is 0.433 e. The van der Waals surface area contributed by atoms with Gasteiger partial charge in [0.25, 0.3) is 0 Å². The zero-order chi connectivity index (χ0) is 18.4. The van der Waals surface area contributed by atoms with Crippen LogP contribution in [0.1, 0.15) is 37.2 Å². The van der Waals surface area contributed by atoms with Crippen LogP contribution in [0.4, 0.5) is 18.9 Å². The third kappa shape index (κ3) is 3.15. The molecule has 1 aliphatic rings. The van der Waals surface area contributed by atoms with Gasteiger partial charge in [-0.2, -0.15) is 18.3 Å². The number of anilines is 1. The Bertz CT molecular complexity index is 794. The lowest BCUT2D eigenvalue weighted by molar-refractivity contribution is -0.145. The molecule has 1 heterocycles. The second kappa shape index (κ2) is 5.89. The van der Waals surface area contributed by atoms with E-state index in [0.717, 1.165) is 4.68 Å². The molecule has 0 N–H and O–H groups in total. The third-order valence-electron chi connectivity index (χ3n) is 4.76. The third-order valence-corrected chi connectivity index (χ3v) is 4.76. The first-order valence-electron chi connectivity index (χ1n) is 8.10. The van der Waals surface area contributed by atoms with E-state index < -0.39 is 29.7 Å². The van der Waals surface area contributed by atoms with E-state index in [1.807, 2.05) is 19.9 Å². The van der Waals surface area contributed by atoms with E-state index in [1.54, 1.807) is 31.3 Å². The van der Waals surface area contributed by atoms with Gasteiger partial charge in [-0.3, -0.25) is 9.48 Å². The molecule has 7 heteroatoms. The van der Waals surface area contributed by atoms with E-state index in [4.69, 9.17) is 0 Å². The molecule has 25 heavy (non-hydrogen) atoms. The van der Waals surface area contributed by atoms with Crippen molar-refractivity contribution in [2.24, 2.45) is 0 Å². The normalized spacial score (nSPS) is 15.9. The molecule has 0 saturated carbocycles. The summed E-state index contributed by atoms with van der Waals surface area (Å²) in [4.78, 5) is 13.8. The van der Waals surface area contributed by atoms with E-state index in [9.17, 15) is 18.0 Å².